The smallest absolute Gasteiger partial charge is 0.317 e. The van der Waals surface area contributed by atoms with E-state index >= 15 is 0 Å². The van der Waals surface area contributed by atoms with Crippen molar-refractivity contribution in [3.63, 3.8) is 0 Å². The Kier molecular flexibility index (Phi) is 6.23. The number of nitrogens with one attached hydrogen (secondary N) is 1. The average molecular weight is 397 g/mol. The molecule has 0 saturated carbocycles. The summed E-state index contributed by atoms with van der Waals surface area (Å²) >= 11 is 0. The van der Waals surface area contributed by atoms with Gasteiger partial charge in [0.1, 0.15) is 5.75 Å². The summed E-state index contributed by atoms with van der Waals surface area (Å²) in [6.45, 7) is 3.95. The quantitative estimate of drug-likeness (QED) is 0.809. The van der Waals surface area contributed by atoms with Crippen molar-refractivity contribution >= 4 is 16.1 Å². The van der Waals surface area contributed by atoms with Gasteiger partial charge in [0.15, 0.2) is 0 Å². The Labute approximate surface area is 160 Å². The summed E-state index contributed by atoms with van der Waals surface area (Å²) in [6, 6.07) is 6.11. The Bertz CT molecular complexity index is 739. The lowest BCUT2D eigenvalue weighted by molar-refractivity contribution is 0.0821. The molecule has 0 spiro atoms. The maximum Gasteiger partial charge on any atom is 0.317 e. The van der Waals surface area contributed by atoms with Gasteiger partial charge >= 0.3 is 6.03 Å². The van der Waals surface area contributed by atoms with Gasteiger partial charge in [0.25, 0.3) is 0 Å². The first-order chi connectivity index (χ1) is 12.9. The summed E-state index contributed by atoms with van der Waals surface area (Å²) in [5.41, 5.74) is 0. The van der Waals surface area contributed by atoms with Crippen molar-refractivity contribution in [2.24, 2.45) is 0 Å². The molecule has 0 aromatic heterocycles. The van der Waals surface area contributed by atoms with E-state index < -0.39 is 10.0 Å². The Hall–Kier alpha value is -1.84. The standard InChI is InChI=1S/C18H27N3O5S/c1-14(17-4-3-13-26-17)19-18(22)20-9-11-21(12-10-20)27(23,24)16-7-5-15(25-2)6-8-16/h5-8,14,17H,3-4,9-13H2,1-2H3,(H,19,22)/t14-,17-/m0/s1. The lowest BCUT2D eigenvalue weighted by atomic mass is 10.1. The van der Waals surface area contributed by atoms with Crippen LogP contribution in [-0.2, 0) is 14.8 Å². The molecule has 2 aliphatic rings. The predicted molar refractivity (Wildman–Crippen MR) is 100 cm³/mol. The molecule has 3 rings (SSSR count). The third-order valence-electron chi connectivity index (χ3n) is 5.10. The van der Waals surface area contributed by atoms with Crippen molar-refractivity contribution < 1.29 is 22.7 Å². The van der Waals surface area contributed by atoms with Crippen molar-refractivity contribution in [1.82, 2.24) is 14.5 Å². The highest BCUT2D eigenvalue weighted by Crippen LogP contribution is 2.21. The second kappa shape index (κ2) is 8.45. The maximum atomic E-state index is 12.8. The molecule has 2 heterocycles. The molecule has 2 saturated heterocycles. The predicted octanol–water partition coefficient (Wildman–Crippen LogP) is 1.28. The van der Waals surface area contributed by atoms with Gasteiger partial charge in [-0.15, -0.1) is 0 Å². The average Bonchev–Trinajstić information content (AvgIpc) is 3.23. The second-order valence-corrected chi connectivity index (χ2v) is 8.79. The zero-order valence-electron chi connectivity index (χ0n) is 15.8. The number of rotatable bonds is 5. The largest absolute Gasteiger partial charge is 0.497 e. The number of hydrogen-bond acceptors (Lipinski definition) is 5. The first-order valence-corrected chi connectivity index (χ1v) is 10.7. The number of nitrogens with zero attached hydrogens (tertiary/aromatic N) is 2. The number of urea groups is 1. The normalized spacial score (nSPS) is 22.4. The first kappa shape index (κ1) is 19.9. The molecule has 1 N–H and O–H groups in total. The molecule has 0 radical (unpaired) electrons. The summed E-state index contributed by atoms with van der Waals surface area (Å²) in [4.78, 5) is 14.3. The lowest BCUT2D eigenvalue weighted by Gasteiger charge is -2.35. The van der Waals surface area contributed by atoms with E-state index in [4.69, 9.17) is 9.47 Å². The van der Waals surface area contributed by atoms with Crippen LogP contribution in [0.3, 0.4) is 0 Å². The molecule has 2 aliphatic heterocycles. The highest BCUT2D eigenvalue weighted by molar-refractivity contribution is 7.89. The van der Waals surface area contributed by atoms with E-state index in [1.54, 1.807) is 17.0 Å². The van der Waals surface area contributed by atoms with Gasteiger partial charge in [0, 0.05) is 32.8 Å². The van der Waals surface area contributed by atoms with Crippen LogP contribution in [0.1, 0.15) is 19.8 Å². The van der Waals surface area contributed by atoms with E-state index in [0.29, 0.717) is 18.8 Å². The number of ether oxygens (including phenoxy) is 2. The number of sulfonamides is 1. The van der Waals surface area contributed by atoms with Gasteiger partial charge in [0.2, 0.25) is 10.0 Å². The fourth-order valence-electron chi connectivity index (χ4n) is 3.40. The van der Waals surface area contributed by atoms with Crippen LogP contribution in [0.2, 0.25) is 0 Å². The Morgan fingerprint density at radius 1 is 1.22 bits per heavy atom. The van der Waals surface area contributed by atoms with E-state index in [2.05, 4.69) is 5.32 Å². The molecular formula is C18H27N3O5S. The maximum absolute atomic E-state index is 12.8. The van der Waals surface area contributed by atoms with Crippen molar-refractivity contribution in [3.8, 4) is 5.75 Å². The first-order valence-electron chi connectivity index (χ1n) is 9.23. The zero-order valence-corrected chi connectivity index (χ0v) is 16.6. The fourth-order valence-corrected chi connectivity index (χ4v) is 4.83. The zero-order chi connectivity index (χ0) is 19.4. The van der Waals surface area contributed by atoms with E-state index in [0.717, 1.165) is 19.4 Å². The Morgan fingerprint density at radius 3 is 2.44 bits per heavy atom. The molecule has 150 valence electrons. The van der Waals surface area contributed by atoms with Crippen LogP contribution >= 0.6 is 0 Å². The minimum absolute atomic E-state index is 0.0546. The number of benzene rings is 1. The van der Waals surface area contributed by atoms with Crippen LogP contribution in [0.4, 0.5) is 4.79 Å². The molecule has 2 fully saturated rings. The Balaban J connectivity index is 1.54. The molecule has 9 heteroatoms. The summed E-state index contributed by atoms with van der Waals surface area (Å²) in [5.74, 6) is 0.607. The van der Waals surface area contributed by atoms with Crippen molar-refractivity contribution in [2.75, 3.05) is 39.9 Å². The number of piperazine rings is 1. The molecule has 2 amide bonds. The summed E-state index contributed by atoms with van der Waals surface area (Å²) in [6.07, 6.45) is 2.04. The van der Waals surface area contributed by atoms with Crippen LogP contribution in [0.25, 0.3) is 0 Å². The monoisotopic (exact) mass is 397 g/mol. The van der Waals surface area contributed by atoms with E-state index in [9.17, 15) is 13.2 Å². The van der Waals surface area contributed by atoms with Gasteiger partial charge in [-0.05, 0) is 44.0 Å². The fraction of sp³-hybridized carbons (Fsp3) is 0.611. The molecule has 27 heavy (non-hydrogen) atoms. The minimum Gasteiger partial charge on any atom is -0.497 e. The van der Waals surface area contributed by atoms with Crippen LogP contribution in [-0.4, -0.2) is 75.7 Å². The van der Waals surface area contributed by atoms with Crippen LogP contribution in [0.5, 0.6) is 5.75 Å². The lowest BCUT2D eigenvalue weighted by Crippen LogP contribution is -2.55. The summed E-state index contributed by atoms with van der Waals surface area (Å²) < 4.78 is 37.6. The van der Waals surface area contributed by atoms with Gasteiger partial charge in [-0.1, -0.05) is 0 Å². The number of methoxy groups -OCH3 is 1. The van der Waals surface area contributed by atoms with Gasteiger partial charge in [-0.3, -0.25) is 0 Å². The van der Waals surface area contributed by atoms with Gasteiger partial charge in [0.05, 0.1) is 24.2 Å². The van der Waals surface area contributed by atoms with Crippen LogP contribution in [0.15, 0.2) is 29.2 Å². The molecule has 0 aliphatic carbocycles. The molecule has 8 nitrogen and oxygen atoms in total. The molecule has 1 aromatic carbocycles. The summed E-state index contributed by atoms with van der Waals surface area (Å²) in [5, 5.41) is 2.97. The third-order valence-corrected chi connectivity index (χ3v) is 7.01. The van der Waals surface area contributed by atoms with Crippen molar-refractivity contribution in [1.29, 1.82) is 0 Å². The van der Waals surface area contributed by atoms with Crippen molar-refractivity contribution in [2.45, 2.75) is 36.8 Å². The van der Waals surface area contributed by atoms with Crippen molar-refractivity contribution in [3.05, 3.63) is 24.3 Å². The van der Waals surface area contributed by atoms with E-state index in [1.165, 1.54) is 23.5 Å². The molecule has 0 bridgehead atoms. The molecule has 0 unspecified atom stereocenters. The minimum atomic E-state index is -3.57. The molecule has 2 atom stereocenters. The second-order valence-electron chi connectivity index (χ2n) is 6.86. The van der Waals surface area contributed by atoms with Crippen LogP contribution in [0, 0.1) is 0 Å². The van der Waals surface area contributed by atoms with E-state index in [1.807, 2.05) is 6.92 Å². The molecule has 1 aromatic rings. The summed E-state index contributed by atoms with van der Waals surface area (Å²) in [7, 11) is -2.04. The van der Waals surface area contributed by atoms with Gasteiger partial charge < -0.3 is 19.7 Å². The number of hydrogen-bond donors (Lipinski definition) is 1. The third kappa shape index (κ3) is 4.53. The van der Waals surface area contributed by atoms with Gasteiger partial charge in [-0.25, -0.2) is 13.2 Å². The van der Waals surface area contributed by atoms with Gasteiger partial charge in [-0.2, -0.15) is 4.31 Å². The van der Waals surface area contributed by atoms with E-state index in [-0.39, 0.29) is 36.2 Å². The molecular weight excluding hydrogens is 370 g/mol. The highest BCUT2D eigenvalue weighted by atomic mass is 32.2. The topological polar surface area (TPSA) is 88.2 Å². The SMILES string of the molecule is COc1ccc(S(=O)(=O)N2CCN(C(=O)N[C@@H](C)[C@@H]3CCCO3)CC2)cc1. The Morgan fingerprint density at radius 2 is 1.89 bits per heavy atom. The highest BCUT2D eigenvalue weighted by Gasteiger charge is 2.31. The number of carbonyl (C=O) groups is 1. The number of amides is 2. The van der Waals surface area contributed by atoms with Crippen LogP contribution < -0.4 is 10.1 Å². The number of carbonyl (C=O) groups excluding carboxylic acids is 1.